The van der Waals surface area contributed by atoms with Crippen LogP contribution in [0.1, 0.15) is 36.2 Å². The van der Waals surface area contributed by atoms with Crippen LogP contribution in [-0.2, 0) is 0 Å². The molecule has 1 aromatic carbocycles. The summed E-state index contributed by atoms with van der Waals surface area (Å²) in [6, 6.07) is 9.92. The zero-order chi connectivity index (χ0) is 16.7. The maximum atomic E-state index is 13.1. The molecular formula is C19H23N3O2. The lowest BCUT2D eigenvalue weighted by Crippen LogP contribution is -2.47. The molecule has 2 saturated heterocycles. The Morgan fingerprint density at radius 1 is 1.12 bits per heavy atom. The number of aromatic amines is 1. The molecule has 126 valence electrons. The number of carbonyl (C=O) groups excluding carboxylic acids is 1. The van der Waals surface area contributed by atoms with Crippen LogP contribution in [0.3, 0.4) is 0 Å². The molecule has 0 spiro atoms. The van der Waals surface area contributed by atoms with Crippen LogP contribution < -0.4 is 5.56 Å². The normalized spacial score (nSPS) is 24.8. The third kappa shape index (κ3) is 2.53. The van der Waals surface area contributed by atoms with Crippen molar-refractivity contribution >= 4 is 16.7 Å². The summed E-state index contributed by atoms with van der Waals surface area (Å²) in [5.74, 6) is -0.0411. The van der Waals surface area contributed by atoms with Gasteiger partial charge in [-0.2, -0.15) is 0 Å². The van der Waals surface area contributed by atoms with Gasteiger partial charge in [0.2, 0.25) is 0 Å². The maximum Gasteiger partial charge on any atom is 0.270 e. The van der Waals surface area contributed by atoms with Gasteiger partial charge in [-0.3, -0.25) is 9.59 Å². The number of amides is 1. The molecule has 2 aliphatic heterocycles. The third-order valence-electron chi connectivity index (χ3n) is 5.56. The number of nitrogens with one attached hydrogen (secondary N) is 1. The molecule has 2 aromatic rings. The third-order valence-corrected chi connectivity index (χ3v) is 5.56. The van der Waals surface area contributed by atoms with Crippen molar-refractivity contribution < 1.29 is 4.79 Å². The summed E-state index contributed by atoms with van der Waals surface area (Å²) in [7, 11) is 2.15. The average molecular weight is 325 g/mol. The van der Waals surface area contributed by atoms with Crippen LogP contribution in [0, 0.1) is 0 Å². The first-order valence-corrected chi connectivity index (χ1v) is 8.78. The minimum absolute atomic E-state index is 0.0411. The van der Waals surface area contributed by atoms with Gasteiger partial charge in [-0.05, 0) is 56.8 Å². The minimum atomic E-state index is -0.190. The van der Waals surface area contributed by atoms with Gasteiger partial charge in [0.05, 0.1) is 0 Å². The van der Waals surface area contributed by atoms with E-state index in [1.165, 1.54) is 6.42 Å². The fourth-order valence-electron chi connectivity index (χ4n) is 4.35. The largest absolute Gasteiger partial charge is 0.333 e. The van der Waals surface area contributed by atoms with E-state index in [-0.39, 0.29) is 17.5 Å². The highest BCUT2D eigenvalue weighted by molar-refractivity contribution is 5.96. The molecule has 0 radical (unpaired) electrons. The van der Waals surface area contributed by atoms with Crippen LogP contribution in [0.15, 0.2) is 35.1 Å². The number of nitrogens with zero attached hydrogens (tertiary/aromatic N) is 2. The van der Waals surface area contributed by atoms with Gasteiger partial charge in [-0.25, -0.2) is 0 Å². The smallest absolute Gasteiger partial charge is 0.270 e. The molecule has 5 heteroatoms. The van der Waals surface area contributed by atoms with Crippen LogP contribution in [0.4, 0.5) is 0 Å². The van der Waals surface area contributed by atoms with Crippen molar-refractivity contribution in [2.45, 2.75) is 37.8 Å². The summed E-state index contributed by atoms with van der Waals surface area (Å²) in [4.78, 5) is 32.5. The van der Waals surface area contributed by atoms with Crippen molar-refractivity contribution in [3.63, 3.8) is 0 Å². The first-order chi connectivity index (χ1) is 11.6. The lowest BCUT2D eigenvalue weighted by Gasteiger charge is -2.33. The number of hydrogen-bond donors (Lipinski definition) is 1. The Labute approximate surface area is 141 Å². The van der Waals surface area contributed by atoms with Gasteiger partial charge in [0.1, 0.15) is 5.69 Å². The monoisotopic (exact) mass is 325 g/mol. The molecule has 1 amide bonds. The fourth-order valence-corrected chi connectivity index (χ4v) is 4.35. The summed E-state index contributed by atoms with van der Waals surface area (Å²) in [5.41, 5.74) is 0.219. The second kappa shape index (κ2) is 6.06. The zero-order valence-electron chi connectivity index (χ0n) is 14.0. The Hall–Kier alpha value is -2.14. The number of hydrogen-bond acceptors (Lipinski definition) is 3. The van der Waals surface area contributed by atoms with E-state index in [4.69, 9.17) is 0 Å². The second-order valence-electron chi connectivity index (χ2n) is 7.00. The number of H-pyrrole nitrogens is 1. The predicted molar refractivity (Wildman–Crippen MR) is 94.3 cm³/mol. The molecule has 1 aromatic heterocycles. The Morgan fingerprint density at radius 3 is 2.67 bits per heavy atom. The van der Waals surface area contributed by atoms with Gasteiger partial charge in [0.25, 0.3) is 11.5 Å². The summed E-state index contributed by atoms with van der Waals surface area (Å²) >= 11 is 0. The number of likely N-dealkylation sites (tertiary alicyclic amines) is 2. The molecule has 4 rings (SSSR count). The van der Waals surface area contributed by atoms with E-state index < -0.39 is 0 Å². The van der Waals surface area contributed by atoms with Crippen LogP contribution in [-0.4, -0.2) is 52.9 Å². The van der Waals surface area contributed by atoms with Crippen molar-refractivity contribution in [1.82, 2.24) is 14.8 Å². The molecule has 2 unspecified atom stereocenters. The van der Waals surface area contributed by atoms with Crippen molar-refractivity contribution in [1.29, 1.82) is 0 Å². The number of aromatic nitrogens is 1. The van der Waals surface area contributed by atoms with E-state index in [1.54, 1.807) is 6.07 Å². The molecule has 1 N–H and O–H groups in total. The van der Waals surface area contributed by atoms with Crippen LogP contribution in [0.2, 0.25) is 0 Å². The lowest BCUT2D eigenvalue weighted by molar-refractivity contribution is 0.0658. The van der Waals surface area contributed by atoms with E-state index in [0.717, 1.165) is 37.7 Å². The van der Waals surface area contributed by atoms with Gasteiger partial charge >= 0.3 is 0 Å². The Morgan fingerprint density at radius 2 is 1.88 bits per heavy atom. The zero-order valence-corrected chi connectivity index (χ0v) is 14.0. The molecule has 3 heterocycles. The highest BCUT2D eigenvalue weighted by atomic mass is 16.2. The van der Waals surface area contributed by atoms with E-state index >= 15 is 0 Å². The van der Waals surface area contributed by atoms with Crippen molar-refractivity contribution in [3.8, 4) is 0 Å². The number of carbonyl (C=O) groups is 1. The number of fused-ring (bicyclic) bond motifs is 1. The second-order valence-corrected chi connectivity index (χ2v) is 7.00. The van der Waals surface area contributed by atoms with Crippen LogP contribution >= 0.6 is 0 Å². The highest BCUT2D eigenvalue weighted by Gasteiger charge is 2.38. The molecule has 2 fully saturated rings. The van der Waals surface area contributed by atoms with Gasteiger partial charge in [-0.15, -0.1) is 0 Å². The molecule has 0 aliphatic carbocycles. The summed E-state index contributed by atoms with van der Waals surface area (Å²) in [6.45, 7) is 1.89. The van der Waals surface area contributed by atoms with Gasteiger partial charge < -0.3 is 14.8 Å². The molecule has 5 nitrogen and oxygen atoms in total. The molecule has 0 saturated carbocycles. The fraction of sp³-hybridized carbons (Fsp3) is 0.474. The van der Waals surface area contributed by atoms with E-state index in [2.05, 4.69) is 16.9 Å². The van der Waals surface area contributed by atoms with Crippen molar-refractivity contribution in [2.24, 2.45) is 0 Å². The minimum Gasteiger partial charge on any atom is -0.333 e. The average Bonchev–Trinajstić information content (AvgIpc) is 3.22. The Bertz CT molecular complexity index is 829. The molecule has 0 bridgehead atoms. The Kier molecular flexibility index (Phi) is 3.88. The van der Waals surface area contributed by atoms with E-state index in [9.17, 15) is 9.59 Å². The number of benzene rings is 1. The number of rotatable bonds is 2. The van der Waals surface area contributed by atoms with Crippen LogP contribution in [0.25, 0.3) is 10.8 Å². The summed E-state index contributed by atoms with van der Waals surface area (Å²) in [5, 5.41) is 1.45. The molecular weight excluding hydrogens is 302 g/mol. The first kappa shape index (κ1) is 15.4. The molecule has 2 atom stereocenters. The lowest BCUT2D eigenvalue weighted by atomic mass is 10.0. The predicted octanol–water partition coefficient (Wildman–Crippen LogP) is 2.23. The van der Waals surface area contributed by atoms with Gasteiger partial charge in [-0.1, -0.05) is 18.2 Å². The molecule has 24 heavy (non-hydrogen) atoms. The first-order valence-electron chi connectivity index (χ1n) is 8.78. The number of pyridine rings is 1. The van der Waals surface area contributed by atoms with E-state index in [1.807, 2.05) is 29.2 Å². The van der Waals surface area contributed by atoms with Crippen molar-refractivity contribution in [3.05, 3.63) is 46.4 Å². The summed E-state index contributed by atoms with van der Waals surface area (Å²) in [6.07, 6.45) is 4.45. The highest BCUT2D eigenvalue weighted by Crippen LogP contribution is 2.30. The topological polar surface area (TPSA) is 56.4 Å². The standard InChI is InChI=1S/C19H23N3O2/c1-21-10-4-8-16(21)17-9-5-11-22(17)19(24)15-12-13-6-2-3-7-14(13)18(23)20-15/h2-3,6-7,12,16-17H,4-5,8-11H2,1H3,(H,20,23). The quantitative estimate of drug-likeness (QED) is 0.921. The Balaban J connectivity index is 1.66. The van der Waals surface area contributed by atoms with Gasteiger partial charge in [0, 0.05) is 24.0 Å². The number of likely N-dealkylation sites (N-methyl/N-ethyl adjacent to an activating group) is 1. The van der Waals surface area contributed by atoms with Crippen LogP contribution in [0.5, 0.6) is 0 Å². The molecule has 2 aliphatic rings. The van der Waals surface area contributed by atoms with Crippen molar-refractivity contribution in [2.75, 3.05) is 20.1 Å². The van der Waals surface area contributed by atoms with Gasteiger partial charge in [0.15, 0.2) is 0 Å². The SMILES string of the molecule is CN1CCCC1C1CCCN1C(=O)c1cc2ccccc2c(=O)[nH]1. The summed E-state index contributed by atoms with van der Waals surface area (Å²) < 4.78 is 0. The maximum absolute atomic E-state index is 13.1. The van der Waals surface area contributed by atoms with E-state index in [0.29, 0.717) is 17.1 Å².